The minimum absolute atomic E-state index is 0.0519. The van der Waals surface area contributed by atoms with E-state index in [2.05, 4.69) is 20.8 Å². The minimum Gasteiger partial charge on any atom is -0.311 e. The Kier molecular flexibility index (Phi) is 3.52. The topological polar surface area (TPSA) is 98.8 Å². The fraction of sp³-hybridized carbons (Fsp3) is 0.364. The van der Waals surface area contributed by atoms with Gasteiger partial charge in [0.25, 0.3) is 5.69 Å². The van der Waals surface area contributed by atoms with Crippen molar-refractivity contribution in [2.24, 2.45) is 0 Å². The number of nitro groups is 1. The van der Waals surface area contributed by atoms with Gasteiger partial charge >= 0.3 is 0 Å². The maximum Gasteiger partial charge on any atom is 0.274 e. The van der Waals surface area contributed by atoms with Crippen molar-refractivity contribution in [3.8, 4) is 5.69 Å². The van der Waals surface area contributed by atoms with E-state index in [0.717, 1.165) is 0 Å². The second kappa shape index (κ2) is 5.11. The first-order valence-corrected chi connectivity index (χ1v) is 5.76. The van der Waals surface area contributed by atoms with E-state index < -0.39 is 4.92 Å². The van der Waals surface area contributed by atoms with Crippen molar-refractivity contribution < 1.29 is 4.92 Å². The van der Waals surface area contributed by atoms with Gasteiger partial charge in [-0.25, -0.2) is 0 Å². The average molecular weight is 262 g/mol. The first-order chi connectivity index (χ1) is 9.06. The summed E-state index contributed by atoms with van der Waals surface area (Å²) in [6, 6.07) is 4.78. The standard InChI is InChI=1S/C11H14N6O2/c1-7-9(5-4-6-10(7)17(18)19)16-11(8(2)12-3)13-14-15-16/h4-6,8,12H,1-3H3. The molecule has 1 N–H and O–H groups in total. The number of tetrazole rings is 1. The first kappa shape index (κ1) is 13.1. The van der Waals surface area contributed by atoms with E-state index >= 15 is 0 Å². The van der Waals surface area contributed by atoms with Crippen LogP contribution in [-0.2, 0) is 0 Å². The Balaban J connectivity index is 2.57. The van der Waals surface area contributed by atoms with Crippen molar-refractivity contribution in [2.45, 2.75) is 19.9 Å². The number of nitrogens with zero attached hydrogens (tertiary/aromatic N) is 5. The van der Waals surface area contributed by atoms with Crippen LogP contribution in [0.25, 0.3) is 5.69 Å². The van der Waals surface area contributed by atoms with Gasteiger partial charge in [-0.3, -0.25) is 10.1 Å². The Labute approximate surface area is 109 Å². The number of benzene rings is 1. The molecular formula is C11H14N6O2. The molecule has 0 radical (unpaired) electrons. The molecule has 0 amide bonds. The van der Waals surface area contributed by atoms with Crippen LogP contribution in [0.15, 0.2) is 18.2 Å². The number of hydrogen-bond donors (Lipinski definition) is 1. The van der Waals surface area contributed by atoms with Gasteiger partial charge in [-0.15, -0.1) is 5.10 Å². The molecule has 8 nitrogen and oxygen atoms in total. The van der Waals surface area contributed by atoms with E-state index in [-0.39, 0.29) is 11.7 Å². The van der Waals surface area contributed by atoms with Gasteiger partial charge < -0.3 is 5.32 Å². The molecule has 0 aliphatic heterocycles. The van der Waals surface area contributed by atoms with Gasteiger partial charge in [-0.1, -0.05) is 6.07 Å². The predicted octanol–water partition coefficient (Wildman–Crippen LogP) is 1.16. The molecule has 100 valence electrons. The Bertz CT molecular complexity index is 609. The monoisotopic (exact) mass is 262 g/mol. The van der Waals surface area contributed by atoms with Gasteiger partial charge in [0, 0.05) is 6.07 Å². The van der Waals surface area contributed by atoms with Crippen molar-refractivity contribution in [2.75, 3.05) is 7.05 Å². The third-order valence-corrected chi connectivity index (χ3v) is 3.02. The number of nitrogens with one attached hydrogen (secondary N) is 1. The fourth-order valence-electron chi connectivity index (χ4n) is 1.80. The summed E-state index contributed by atoms with van der Waals surface area (Å²) in [5.41, 5.74) is 1.19. The van der Waals surface area contributed by atoms with Gasteiger partial charge in [-0.05, 0) is 37.4 Å². The lowest BCUT2D eigenvalue weighted by atomic mass is 10.1. The van der Waals surface area contributed by atoms with Crippen LogP contribution in [0.1, 0.15) is 24.4 Å². The van der Waals surface area contributed by atoms with Crippen LogP contribution in [0.2, 0.25) is 0 Å². The summed E-state index contributed by atoms with van der Waals surface area (Å²) < 4.78 is 1.52. The highest BCUT2D eigenvalue weighted by atomic mass is 16.6. The highest BCUT2D eigenvalue weighted by molar-refractivity contribution is 5.52. The molecule has 0 fully saturated rings. The predicted molar refractivity (Wildman–Crippen MR) is 68.0 cm³/mol. The molecule has 0 spiro atoms. The van der Waals surface area contributed by atoms with Crippen molar-refractivity contribution in [3.63, 3.8) is 0 Å². The first-order valence-electron chi connectivity index (χ1n) is 5.76. The van der Waals surface area contributed by atoms with E-state index in [1.54, 1.807) is 26.1 Å². The molecular weight excluding hydrogens is 248 g/mol. The highest BCUT2D eigenvalue weighted by Crippen LogP contribution is 2.25. The van der Waals surface area contributed by atoms with Crippen molar-refractivity contribution in [1.29, 1.82) is 0 Å². The summed E-state index contributed by atoms with van der Waals surface area (Å²) in [5, 5.41) is 25.5. The summed E-state index contributed by atoms with van der Waals surface area (Å²) in [7, 11) is 1.80. The van der Waals surface area contributed by atoms with Gasteiger partial charge in [0.05, 0.1) is 22.2 Å². The molecule has 1 aromatic heterocycles. The van der Waals surface area contributed by atoms with Crippen LogP contribution in [-0.4, -0.2) is 32.2 Å². The van der Waals surface area contributed by atoms with Gasteiger partial charge in [0.15, 0.2) is 5.82 Å². The molecule has 1 heterocycles. The van der Waals surface area contributed by atoms with Gasteiger partial charge in [0.1, 0.15) is 0 Å². The van der Waals surface area contributed by atoms with Crippen LogP contribution in [0.3, 0.4) is 0 Å². The van der Waals surface area contributed by atoms with Crippen LogP contribution in [0, 0.1) is 17.0 Å². The molecule has 8 heteroatoms. The summed E-state index contributed by atoms with van der Waals surface area (Å²) in [6.45, 7) is 3.60. The average Bonchev–Trinajstić information content (AvgIpc) is 2.86. The Hall–Kier alpha value is -2.35. The van der Waals surface area contributed by atoms with E-state index in [1.165, 1.54) is 10.7 Å². The molecule has 0 aliphatic carbocycles. The SMILES string of the molecule is CNC(C)c1nnnn1-c1cccc([N+](=O)[O-])c1C. The summed E-state index contributed by atoms with van der Waals surface area (Å²) >= 11 is 0. The molecule has 0 bridgehead atoms. The van der Waals surface area contributed by atoms with Gasteiger partial charge in [-0.2, -0.15) is 4.68 Å². The summed E-state index contributed by atoms with van der Waals surface area (Å²) in [5.74, 6) is 0.603. The lowest BCUT2D eigenvalue weighted by molar-refractivity contribution is -0.385. The van der Waals surface area contributed by atoms with E-state index in [1.807, 2.05) is 6.92 Å². The highest BCUT2D eigenvalue weighted by Gasteiger charge is 2.19. The number of aromatic nitrogens is 4. The fourth-order valence-corrected chi connectivity index (χ4v) is 1.80. The molecule has 0 saturated carbocycles. The minimum atomic E-state index is -0.412. The number of nitro benzene ring substituents is 1. The van der Waals surface area contributed by atoms with Crippen molar-refractivity contribution in [1.82, 2.24) is 25.5 Å². The summed E-state index contributed by atoms with van der Waals surface area (Å²) in [4.78, 5) is 10.5. The van der Waals surface area contributed by atoms with Crippen LogP contribution in [0.4, 0.5) is 5.69 Å². The maximum atomic E-state index is 11.0. The Morgan fingerprint density at radius 3 is 2.84 bits per heavy atom. The van der Waals surface area contributed by atoms with Crippen molar-refractivity contribution in [3.05, 3.63) is 39.7 Å². The van der Waals surface area contributed by atoms with Crippen molar-refractivity contribution >= 4 is 5.69 Å². The molecule has 1 unspecified atom stereocenters. The third kappa shape index (κ3) is 2.29. The zero-order chi connectivity index (χ0) is 14.0. The smallest absolute Gasteiger partial charge is 0.274 e. The van der Waals surface area contributed by atoms with E-state index in [0.29, 0.717) is 17.1 Å². The molecule has 0 saturated heterocycles. The lowest BCUT2D eigenvalue weighted by Crippen LogP contribution is -2.18. The molecule has 2 rings (SSSR count). The Morgan fingerprint density at radius 2 is 2.21 bits per heavy atom. The largest absolute Gasteiger partial charge is 0.311 e. The van der Waals surface area contributed by atoms with E-state index in [4.69, 9.17) is 0 Å². The van der Waals surface area contributed by atoms with Gasteiger partial charge in [0.2, 0.25) is 0 Å². The molecule has 0 aliphatic rings. The molecule has 19 heavy (non-hydrogen) atoms. The molecule has 1 aromatic carbocycles. The normalized spacial score (nSPS) is 12.4. The van der Waals surface area contributed by atoms with Crippen LogP contribution >= 0.6 is 0 Å². The lowest BCUT2D eigenvalue weighted by Gasteiger charge is -2.11. The molecule has 2 aromatic rings. The second-order valence-electron chi connectivity index (χ2n) is 4.14. The Morgan fingerprint density at radius 1 is 1.47 bits per heavy atom. The van der Waals surface area contributed by atoms with Crippen LogP contribution < -0.4 is 5.32 Å². The third-order valence-electron chi connectivity index (χ3n) is 3.02. The zero-order valence-electron chi connectivity index (χ0n) is 10.9. The quantitative estimate of drug-likeness (QED) is 0.655. The van der Waals surface area contributed by atoms with E-state index in [9.17, 15) is 10.1 Å². The molecule has 1 atom stereocenters. The summed E-state index contributed by atoms with van der Waals surface area (Å²) in [6.07, 6.45) is 0. The number of hydrogen-bond acceptors (Lipinski definition) is 6. The number of rotatable bonds is 4. The van der Waals surface area contributed by atoms with Crippen LogP contribution in [0.5, 0.6) is 0 Å². The maximum absolute atomic E-state index is 11.0. The second-order valence-corrected chi connectivity index (χ2v) is 4.14. The zero-order valence-corrected chi connectivity index (χ0v) is 10.9.